The molecule has 1 N–H and O–H groups in total. The predicted molar refractivity (Wildman–Crippen MR) is 36.8 cm³/mol. The number of carbonyl (C=O) groups is 2. The molecule has 0 aromatic rings. The van der Waals surface area contributed by atoms with Crippen molar-refractivity contribution in [3.63, 3.8) is 0 Å². The van der Waals surface area contributed by atoms with Gasteiger partial charge < -0.3 is 5.11 Å². The van der Waals surface area contributed by atoms with E-state index in [0.29, 0.717) is 6.42 Å². The van der Waals surface area contributed by atoms with Gasteiger partial charge in [-0.2, -0.15) is 0 Å². The van der Waals surface area contributed by atoms with Crippen LogP contribution in [0.5, 0.6) is 0 Å². The third-order valence-electron chi connectivity index (χ3n) is 1.16. The van der Waals surface area contributed by atoms with E-state index in [2.05, 4.69) is 0 Å². The molecule has 0 saturated carbocycles. The first-order chi connectivity index (χ1) is 4.66. The van der Waals surface area contributed by atoms with Crippen LogP contribution in [0.1, 0.15) is 32.6 Å². The minimum absolute atomic E-state index is 0. The molecule has 0 aliphatic heterocycles. The number of carbonyl (C=O) groups excluding carboxylic acids is 1. The molecule has 4 heteroatoms. The van der Waals surface area contributed by atoms with Gasteiger partial charge >= 0.3 is 5.97 Å². The van der Waals surface area contributed by atoms with E-state index in [1.165, 1.54) is 0 Å². The quantitative estimate of drug-likeness (QED) is 0.729. The third kappa shape index (κ3) is 10.0. The number of carboxylic acids is 1. The summed E-state index contributed by atoms with van der Waals surface area (Å²) in [5.41, 5.74) is 0. The van der Waals surface area contributed by atoms with Crippen molar-refractivity contribution in [1.29, 1.82) is 0 Å². The van der Waals surface area contributed by atoms with Crippen LogP contribution in [0.3, 0.4) is 0 Å². The van der Waals surface area contributed by atoms with Crippen LogP contribution < -0.4 is 0 Å². The Bertz CT molecular complexity index is 134. The van der Waals surface area contributed by atoms with E-state index < -0.39 is 5.97 Å². The molecule has 0 rings (SSSR count). The van der Waals surface area contributed by atoms with Crippen molar-refractivity contribution in [2.45, 2.75) is 32.6 Å². The van der Waals surface area contributed by atoms with Crippen LogP contribution in [0.15, 0.2) is 0 Å². The molecule has 0 unspecified atom stereocenters. The predicted octanol–water partition coefficient (Wildman–Crippen LogP) is 1.22. The standard InChI is InChI=1S/C7H12O3.Zr/c1-2-3-4-6(8)5-7(9)10;/h2-5H2,1H3,(H,9,10);. The Morgan fingerprint density at radius 3 is 2.27 bits per heavy atom. The molecule has 0 aromatic heterocycles. The SMILES string of the molecule is CCCCC(=O)CC(=O)O.[Zr]. The van der Waals surface area contributed by atoms with Crippen molar-refractivity contribution >= 4 is 11.8 Å². The Hall–Kier alpha value is 0.0231. The van der Waals surface area contributed by atoms with E-state index in [1.54, 1.807) is 0 Å². The van der Waals surface area contributed by atoms with E-state index in [4.69, 9.17) is 5.11 Å². The van der Waals surface area contributed by atoms with Gasteiger partial charge in [0.2, 0.25) is 0 Å². The summed E-state index contributed by atoms with van der Waals surface area (Å²) < 4.78 is 0. The molecule has 11 heavy (non-hydrogen) atoms. The maximum atomic E-state index is 10.6. The summed E-state index contributed by atoms with van der Waals surface area (Å²) in [5.74, 6) is -1.20. The van der Waals surface area contributed by atoms with E-state index in [0.717, 1.165) is 12.8 Å². The zero-order chi connectivity index (χ0) is 7.98. The molecular formula is C7H12O3Zr. The van der Waals surface area contributed by atoms with E-state index >= 15 is 0 Å². The first kappa shape index (κ1) is 13.6. The Balaban J connectivity index is 0. The minimum Gasteiger partial charge on any atom is -0.481 e. The summed E-state index contributed by atoms with van der Waals surface area (Å²) in [6.45, 7) is 1.97. The van der Waals surface area contributed by atoms with Gasteiger partial charge in [-0.1, -0.05) is 13.3 Å². The monoisotopic (exact) mass is 234 g/mol. The number of ketones is 1. The Morgan fingerprint density at radius 2 is 1.91 bits per heavy atom. The first-order valence-electron chi connectivity index (χ1n) is 3.40. The number of carboxylic acid groups (broad SMARTS) is 1. The molecule has 0 bridgehead atoms. The molecule has 0 radical (unpaired) electrons. The third-order valence-corrected chi connectivity index (χ3v) is 1.16. The number of aliphatic carboxylic acids is 1. The van der Waals surface area contributed by atoms with Crippen LogP contribution in [0.2, 0.25) is 0 Å². The molecule has 0 spiro atoms. The molecule has 0 heterocycles. The molecule has 0 atom stereocenters. The number of unbranched alkanes of at least 4 members (excludes halogenated alkanes) is 1. The van der Waals surface area contributed by atoms with E-state index in [9.17, 15) is 9.59 Å². The summed E-state index contributed by atoms with van der Waals surface area (Å²) in [7, 11) is 0. The van der Waals surface area contributed by atoms with Gasteiger partial charge in [0.25, 0.3) is 0 Å². The van der Waals surface area contributed by atoms with Crippen molar-refractivity contribution in [2.24, 2.45) is 0 Å². The molecule has 0 aromatic carbocycles. The molecule has 0 aliphatic carbocycles. The average molecular weight is 235 g/mol. The van der Waals surface area contributed by atoms with Crippen molar-refractivity contribution in [3.8, 4) is 0 Å². The summed E-state index contributed by atoms with van der Waals surface area (Å²) in [4.78, 5) is 20.6. The average Bonchev–Trinajstić information content (AvgIpc) is 1.82. The van der Waals surface area contributed by atoms with Crippen molar-refractivity contribution in [2.75, 3.05) is 0 Å². The van der Waals surface area contributed by atoms with Crippen molar-refractivity contribution in [1.82, 2.24) is 0 Å². The summed E-state index contributed by atoms with van der Waals surface area (Å²) in [6, 6.07) is 0. The minimum atomic E-state index is -1.03. The normalized spacial score (nSPS) is 8.45. The van der Waals surface area contributed by atoms with Gasteiger partial charge in [-0.15, -0.1) is 0 Å². The second-order valence-corrected chi connectivity index (χ2v) is 2.21. The zero-order valence-corrected chi connectivity index (χ0v) is 9.05. The number of Topliss-reactive ketones (excluding diaryl/α,β-unsaturated/α-hetero) is 1. The molecule has 62 valence electrons. The van der Waals surface area contributed by atoms with E-state index in [1.807, 2.05) is 6.92 Å². The largest absolute Gasteiger partial charge is 0.481 e. The van der Waals surface area contributed by atoms with E-state index in [-0.39, 0.29) is 38.4 Å². The maximum Gasteiger partial charge on any atom is 0.310 e. The summed E-state index contributed by atoms with van der Waals surface area (Å²) >= 11 is 0. The van der Waals surface area contributed by atoms with Crippen LogP contribution in [0, 0.1) is 0 Å². The van der Waals surface area contributed by atoms with Gasteiger partial charge in [0.15, 0.2) is 0 Å². The van der Waals surface area contributed by atoms with Crippen molar-refractivity contribution < 1.29 is 40.9 Å². The number of hydrogen-bond donors (Lipinski definition) is 1. The van der Waals surface area contributed by atoms with Gasteiger partial charge in [0.1, 0.15) is 12.2 Å². The first-order valence-corrected chi connectivity index (χ1v) is 3.40. The van der Waals surface area contributed by atoms with Gasteiger partial charge in [-0.25, -0.2) is 0 Å². The summed E-state index contributed by atoms with van der Waals surface area (Å²) in [6.07, 6.45) is 1.82. The van der Waals surface area contributed by atoms with Crippen LogP contribution >= 0.6 is 0 Å². The second-order valence-electron chi connectivity index (χ2n) is 2.21. The smallest absolute Gasteiger partial charge is 0.310 e. The van der Waals surface area contributed by atoms with Gasteiger partial charge in [0, 0.05) is 32.6 Å². The van der Waals surface area contributed by atoms with Gasteiger partial charge in [-0.05, 0) is 6.42 Å². The van der Waals surface area contributed by atoms with Crippen LogP contribution in [0.4, 0.5) is 0 Å². The Kier molecular flexibility index (Phi) is 10.0. The van der Waals surface area contributed by atoms with Crippen molar-refractivity contribution in [3.05, 3.63) is 0 Å². The maximum absolute atomic E-state index is 10.6. The van der Waals surface area contributed by atoms with Crippen LogP contribution in [0.25, 0.3) is 0 Å². The number of hydrogen-bond acceptors (Lipinski definition) is 2. The number of rotatable bonds is 5. The molecule has 0 saturated heterocycles. The van der Waals surface area contributed by atoms with Gasteiger partial charge in [-0.3, -0.25) is 9.59 Å². The summed E-state index contributed by atoms with van der Waals surface area (Å²) in [5, 5.41) is 8.16. The Labute approximate surface area is 85.3 Å². The van der Waals surface area contributed by atoms with Gasteiger partial charge in [0.05, 0.1) is 0 Å². The van der Waals surface area contributed by atoms with Crippen LogP contribution in [-0.4, -0.2) is 16.9 Å². The molecule has 0 aliphatic rings. The Morgan fingerprint density at radius 1 is 1.36 bits per heavy atom. The van der Waals surface area contributed by atoms with Crippen LogP contribution in [-0.2, 0) is 35.8 Å². The second kappa shape index (κ2) is 8.12. The topological polar surface area (TPSA) is 54.4 Å². The fraction of sp³-hybridized carbons (Fsp3) is 0.714. The molecule has 3 nitrogen and oxygen atoms in total. The molecular weight excluding hydrogens is 223 g/mol. The fourth-order valence-electron chi connectivity index (χ4n) is 0.631. The molecule has 0 fully saturated rings. The fourth-order valence-corrected chi connectivity index (χ4v) is 0.631. The zero-order valence-electron chi connectivity index (χ0n) is 6.59. The molecule has 0 amide bonds.